The van der Waals surface area contributed by atoms with Crippen molar-refractivity contribution in [2.75, 3.05) is 26.2 Å². The van der Waals surface area contributed by atoms with Gasteiger partial charge in [-0.05, 0) is 62.2 Å². The van der Waals surface area contributed by atoms with Crippen molar-refractivity contribution in [3.63, 3.8) is 0 Å². The fourth-order valence-corrected chi connectivity index (χ4v) is 5.04. The average Bonchev–Trinajstić information content (AvgIpc) is 3.48. The number of nitrogens with zero attached hydrogens (tertiary/aromatic N) is 3. The molecule has 1 amide bonds. The summed E-state index contributed by atoms with van der Waals surface area (Å²) >= 11 is 6.09. The standard InChI is InChI=1S/C25H27ClN4O/c26-21-6-8-22(9-7-21)30-24(19-10-13-27-14-11-19)23(16-28-30)25(31)29-15-12-20(17-29)18-4-2-1-3-5-18/h1-9,16,19-20,27H,10-15,17H2. The lowest BCUT2D eigenvalue weighted by molar-refractivity contribution is 0.0788. The molecule has 31 heavy (non-hydrogen) atoms. The van der Waals surface area contributed by atoms with Gasteiger partial charge in [-0.2, -0.15) is 5.10 Å². The Balaban J connectivity index is 1.45. The Kier molecular flexibility index (Phi) is 5.79. The van der Waals surface area contributed by atoms with Gasteiger partial charge in [0.15, 0.2) is 0 Å². The number of amides is 1. The zero-order valence-electron chi connectivity index (χ0n) is 17.5. The van der Waals surface area contributed by atoms with Crippen molar-refractivity contribution >= 4 is 17.5 Å². The summed E-state index contributed by atoms with van der Waals surface area (Å²) in [6.07, 6.45) is 4.78. The minimum atomic E-state index is 0.104. The predicted molar refractivity (Wildman–Crippen MR) is 123 cm³/mol. The molecule has 1 N–H and O–H groups in total. The molecule has 0 radical (unpaired) electrons. The molecule has 5 rings (SSSR count). The summed E-state index contributed by atoms with van der Waals surface area (Å²) in [6, 6.07) is 18.2. The molecule has 2 fully saturated rings. The van der Waals surface area contributed by atoms with Crippen molar-refractivity contribution in [1.82, 2.24) is 20.0 Å². The number of benzene rings is 2. The Morgan fingerprint density at radius 2 is 1.71 bits per heavy atom. The van der Waals surface area contributed by atoms with E-state index >= 15 is 0 Å². The first kappa shape index (κ1) is 20.3. The van der Waals surface area contributed by atoms with Gasteiger partial charge in [0.2, 0.25) is 0 Å². The molecule has 3 aromatic rings. The molecule has 1 atom stereocenters. The average molecular weight is 435 g/mol. The molecule has 5 nitrogen and oxygen atoms in total. The Morgan fingerprint density at radius 1 is 0.968 bits per heavy atom. The number of carbonyl (C=O) groups is 1. The summed E-state index contributed by atoms with van der Waals surface area (Å²) < 4.78 is 1.95. The van der Waals surface area contributed by atoms with Gasteiger partial charge in [0.05, 0.1) is 23.1 Å². The molecule has 1 aromatic heterocycles. The molecule has 160 valence electrons. The zero-order chi connectivity index (χ0) is 21.2. The first-order valence-corrected chi connectivity index (χ1v) is 11.5. The van der Waals surface area contributed by atoms with Crippen LogP contribution < -0.4 is 5.32 Å². The lowest BCUT2D eigenvalue weighted by atomic mass is 9.91. The van der Waals surface area contributed by atoms with Gasteiger partial charge in [0, 0.05) is 29.9 Å². The number of nitrogens with one attached hydrogen (secondary N) is 1. The highest BCUT2D eigenvalue weighted by Crippen LogP contribution is 2.33. The molecular weight excluding hydrogens is 408 g/mol. The van der Waals surface area contributed by atoms with Crippen LogP contribution in [0.1, 0.15) is 52.7 Å². The van der Waals surface area contributed by atoms with Crippen molar-refractivity contribution in [1.29, 1.82) is 0 Å². The zero-order valence-corrected chi connectivity index (χ0v) is 18.3. The van der Waals surface area contributed by atoms with Gasteiger partial charge in [-0.15, -0.1) is 0 Å². The summed E-state index contributed by atoms with van der Waals surface area (Å²) in [5.74, 6) is 0.817. The lowest BCUT2D eigenvalue weighted by Gasteiger charge is -2.26. The first-order valence-electron chi connectivity index (χ1n) is 11.1. The largest absolute Gasteiger partial charge is 0.338 e. The molecule has 0 bridgehead atoms. The summed E-state index contributed by atoms with van der Waals surface area (Å²) in [5, 5.41) is 8.79. The molecule has 2 aromatic carbocycles. The van der Waals surface area contributed by atoms with E-state index in [1.165, 1.54) is 5.56 Å². The third kappa shape index (κ3) is 4.12. The van der Waals surface area contributed by atoms with Crippen LogP contribution in [0.25, 0.3) is 5.69 Å². The minimum Gasteiger partial charge on any atom is -0.338 e. The predicted octanol–water partition coefficient (Wildman–Crippen LogP) is 4.62. The van der Waals surface area contributed by atoms with Gasteiger partial charge < -0.3 is 10.2 Å². The van der Waals surface area contributed by atoms with E-state index in [4.69, 9.17) is 11.6 Å². The van der Waals surface area contributed by atoms with E-state index in [1.54, 1.807) is 6.20 Å². The van der Waals surface area contributed by atoms with Crippen molar-refractivity contribution in [3.05, 3.63) is 82.6 Å². The maximum absolute atomic E-state index is 13.6. The quantitative estimate of drug-likeness (QED) is 0.651. The van der Waals surface area contributed by atoms with Crippen molar-refractivity contribution in [3.8, 4) is 5.69 Å². The highest BCUT2D eigenvalue weighted by Gasteiger charge is 2.33. The molecule has 2 aliphatic heterocycles. The monoisotopic (exact) mass is 434 g/mol. The van der Waals surface area contributed by atoms with Crippen LogP contribution >= 0.6 is 11.6 Å². The SMILES string of the molecule is O=C(c1cnn(-c2ccc(Cl)cc2)c1C1CCNCC1)N1CCC(c2ccccc2)C1. The molecular formula is C25H27ClN4O. The number of rotatable bonds is 4. The normalized spacial score (nSPS) is 19.6. The van der Waals surface area contributed by atoms with E-state index in [9.17, 15) is 4.79 Å². The second kappa shape index (κ2) is 8.85. The Bertz CT molecular complexity index is 1040. The van der Waals surface area contributed by atoms with Crippen LogP contribution in [0.3, 0.4) is 0 Å². The van der Waals surface area contributed by atoms with Gasteiger partial charge in [-0.3, -0.25) is 4.79 Å². The molecule has 3 heterocycles. The van der Waals surface area contributed by atoms with Crippen molar-refractivity contribution in [2.24, 2.45) is 0 Å². The van der Waals surface area contributed by atoms with Gasteiger partial charge >= 0.3 is 0 Å². The number of aromatic nitrogens is 2. The Morgan fingerprint density at radius 3 is 2.45 bits per heavy atom. The number of halogens is 1. The Labute approximate surface area is 188 Å². The third-order valence-corrected chi connectivity index (χ3v) is 6.83. The van der Waals surface area contributed by atoms with Gasteiger partial charge in [0.25, 0.3) is 5.91 Å². The second-order valence-corrected chi connectivity index (χ2v) is 8.94. The van der Waals surface area contributed by atoms with E-state index in [1.807, 2.05) is 39.9 Å². The number of carbonyl (C=O) groups excluding carboxylic acids is 1. The van der Waals surface area contributed by atoms with Gasteiger partial charge in [-0.1, -0.05) is 41.9 Å². The van der Waals surface area contributed by atoms with E-state index in [2.05, 4.69) is 34.7 Å². The fourth-order valence-electron chi connectivity index (χ4n) is 4.91. The first-order chi connectivity index (χ1) is 15.2. The van der Waals surface area contributed by atoms with Gasteiger partial charge in [-0.25, -0.2) is 4.68 Å². The van der Waals surface area contributed by atoms with Crippen molar-refractivity contribution in [2.45, 2.75) is 31.1 Å². The van der Waals surface area contributed by atoms with Crippen LogP contribution in [0.15, 0.2) is 60.8 Å². The maximum atomic E-state index is 13.6. The van der Waals surface area contributed by atoms with Crippen LogP contribution in [0.2, 0.25) is 5.02 Å². The van der Waals surface area contributed by atoms with Crippen LogP contribution in [0, 0.1) is 0 Å². The second-order valence-electron chi connectivity index (χ2n) is 8.50. The van der Waals surface area contributed by atoms with Crippen LogP contribution in [-0.2, 0) is 0 Å². The smallest absolute Gasteiger partial charge is 0.257 e. The van der Waals surface area contributed by atoms with Crippen LogP contribution in [0.4, 0.5) is 0 Å². The van der Waals surface area contributed by atoms with Crippen LogP contribution in [0.5, 0.6) is 0 Å². The number of hydrogen-bond acceptors (Lipinski definition) is 3. The maximum Gasteiger partial charge on any atom is 0.257 e. The van der Waals surface area contributed by atoms with E-state index in [-0.39, 0.29) is 5.91 Å². The van der Waals surface area contributed by atoms with Gasteiger partial charge in [0.1, 0.15) is 0 Å². The summed E-state index contributed by atoms with van der Waals surface area (Å²) in [7, 11) is 0. The van der Waals surface area contributed by atoms with E-state index in [0.717, 1.165) is 62.4 Å². The molecule has 0 saturated carbocycles. The summed E-state index contributed by atoms with van der Waals surface area (Å²) in [5.41, 5.74) is 4.04. The third-order valence-electron chi connectivity index (χ3n) is 6.58. The molecule has 2 aliphatic rings. The highest BCUT2D eigenvalue weighted by molar-refractivity contribution is 6.30. The molecule has 1 unspecified atom stereocenters. The Hall–Kier alpha value is -2.63. The lowest BCUT2D eigenvalue weighted by Crippen LogP contribution is -2.32. The molecule has 0 spiro atoms. The fraction of sp³-hybridized carbons (Fsp3) is 0.360. The van der Waals surface area contributed by atoms with Crippen molar-refractivity contribution < 1.29 is 4.79 Å². The van der Waals surface area contributed by atoms with E-state index < -0.39 is 0 Å². The number of hydrogen-bond donors (Lipinski definition) is 1. The molecule has 2 saturated heterocycles. The number of likely N-dealkylation sites (tertiary alicyclic amines) is 1. The highest BCUT2D eigenvalue weighted by atomic mass is 35.5. The minimum absolute atomic E-state index is 0.104. The molecule has 0 aliphatic carbocycles. The van der Waals surface area contributed by atoms with Crippen LogP contribution in [-0.4, -0.2) is 46.8 Å². The number of piperidine rings is 1. The summed E-state index contributed by atoms with van der Waals surface area (Å²) in [6.45, 7) is 3.48. The van der Waals surface area contributed by atoms with E-state index in [0.29, 0.717) is 16.9 Å². The topological polar surface area (TPSA) is 50.2 Å². The summed E-state index contributed by atoms with van der Waals surface area (Å²) in [4.78, 5) is 15.6. The molecule has 6 heteroatoms.